The first-order valence-electron chi connectivity index (χ1n) is 6.56. The van der Waals surface area contributed by atoms with Gasteiger partial charge in [0.05, 0.1) is 11.6 Å². The lowest BCUT2D eigenvalue weighted by Crippen LogP contribution is -2.31. The Bertz CT molecular complexity index is 630. The van der Waals surface area contributed by atoms with Crippen molar-refractivity contribution >= 4 is 17.6 Å². The number of hydrogen-bond donors (Lipinski definition) is 1. The Kier molecular flexibility index (Phi) is 4.98. The molecule has 1 aliphatic rings. The number of nitrogens with one attached hydrogen (secondary N) is 1. The van der Waals surface area contributed by atoms with Crippen molar-refractivity contribution in [2.75, 3.05) is 18.5 Å². The van der Waals surface area contributed by atoms with Crippen molar-refractivity contribution in [3.63, 3.8) is 0 Å². The van der Waals surface area contributed by atoms with E-state index in [0.717, 1.165) is 6.26 Å². The highest BCUT2D eigenvalue weighted by molar-refractivity contribution is 5.96. The van der Waals surface area contributed by atoms with Gasteiger partial charge < -0.3 is 19.5 Å². The molecule has 1 amide bonds. The third-order valence-corrected chi connectivity index (χ3v) is 2.78. The number of benzene rings is 1. The second-order valence-electron chi connectivity index (χ2n) is 4.43. The van der Waals surface area contributed by atoms with E-state index in [-0.39, 0.29) is 12.4 Å². The molecule has 1 heterocycles. The van der Waals surface area contributed by atoms with E-state index in [1.54, 1.807) is 24.3 Å². The zero-order chi connectivity index (χ0) is 15.9. The number of carbonyl (C=O) groups is 2. The summed E-state index contributed by atoms with van der Waals surface area (Å²) in [6.07, 6.45) is 0.159. The van der Waals surface area contributed by atoms with Gasteiger partial charge in [0.25, 0.3) is 5.91 Å². The zero-order valence-corrected chi connectivity index (χ0v) is 11.9. The zero-order valence-electron chi connectivity index (χ0n) is 11.9. The normalized spacial score (nSPS) is 14.5. The van der Waals surface area contributed by atoms with Crippen molar-refractivity contribution in [3.8, 4) is 6.07 Å². The van der Waals surface area contributed by atoms with E-state index in [4.69, 9.17) is 19.5 Å². The predicted molar refractivity (Wildman–Crippen MR) is 75.3 cm³/mol. The van der Waals surface area contributed by atoms with Crippen molar-refractivity contribution in [3.05, 3.63) is 41.9 Å². The molecule has 0 saturated heterocycles. The first kappa shape index (κ1) is 15.4. The van der Waals surface area contributed by atoms with Crippen LogP contribution in [-0.2, 0) is 23.8 Å². The molecule has 0 spiro atoms. The van der Waals surface area contributed by atoms with Crippen LogP contribution in [0.3, 0.4) is 0 Å². The Hall–Kier alpha value is -3.01. The van der Waals surface area contributed by atoms with Gasteiger partial charge >= 0.3 is 5.97 Å². The summed E-state index contributed by atoms with van der Waals surface area (Å²) in [5.41, 5.74) is 0.988. The number of nitriles is 1. The van der Waals surface area contributed by atoms with E-state index in [9.17, 15) is 9.59 Å². The van der Waals surface area contributed by atoms with E-state index >= 15 is 0 Å². The molecular formula is C15H14N2O5. The SMILES string of the molecule is C[C@@H](OC(=O)C1=COCCO1)C(=O)Nc1ccc(C#N)cc1. The minimum absolute atomic E-state index is 0.0655. The lowest BCUT2D eigenvalue weighted by Gasteiger charge is -2.17. The molecule has 0 fully saturated rings. The van der Waals surface area contributed by atoms with Crippen molar-refractivity contribution in [1.82, 2.24) is 0 Å². The molecule has 0 saturated carbocycles. The van der Waals surface area contributed by atoms with Gasteiger partial charge in [-0.3, -0.25) is 4.79 Å². The highest BCUT2D eigenvalue weighted by Crippen LogP contribution is 2.11. The fourth-order valence-electron chi connectivity index (χ4n) is 1.62. The lowest BCUT2D eigenvalue weighted by molar-refractivity contribution is -0.153. The first-order valence-corrected chi connectivity index (χ1v) is 6.56. The molecule has 2 rings (SSSR count). The molecule has 0 radical (unpaired) electrons. The maximum absolute atomic E-state index is 11.9. The fraction of sp³-hybridized carbons (Fsp3) is 0.267. The quantitative estimate of drug-likeness (QED) is 0.842. The molecule has 0 bridgehead atoms. The van der Waals surface area contributed by atoms with Crippen LogP contribution < -0.4 is 5.32 Å². The smallest absolute Gasteiger partial charge is 0.377 e. The van der Waals surface area contributed by atoms with E-state index < -0.39 is 18.0 Å². The van der Waals surface area contributed by atoms with Crippen molar-refractivity contribution < 1.29 is 23.8 Å². The van der Waals surface area contributed by atoms with Crippen molar-refractivity contribution in [2.45, 2.75) is 13.0 Å². The Labute approximate surface area is 127 Å². The number of rotatable bonds is 4. The van der Waals surface area contributed by atoms with Gasteiger partial charge in [0.15, 0.2) is 6.10 Å². The van der Waals surface area contributed by atoms with E-state index in [0.29, 0.717) is 17.9 Å². The summed E-state index contributed by atoms with van der Waals surface area (Å²) in [5.74, 6) is -1.32. The van der Waals surface area contributed by atoms with Gasteiger partial charge in [-0.2, -0.15) is 5.26 Å². The van der Waals surface area contributed by atoms with Crippen LogP contribution in [0.15, 0.2) is 36.3 Å². The number of anilines is 1. The summed E-state index contributed by atoms with van der Waals surface area (Å²) in [4.78, 5) is 23.7. The maximum atomic E-state index is 11.9. The van der Waals surface area contributed by atoms with Gasteiger partial charge in [-0.25, -0.2) is 4.79 Å². The van der Waals surface area contributed by atoms with Gasteiger partial charge in [-0.15, -0.1) is 0 Å². The maximum Gasteiger partial charge on any atom is 0.377 e. The highest BCUT2D eigenvalue weighted by Gasteiger charge is 2.23. The van der Waals surface area contributed by atoms with Gasteiger partial charge in [0.1, 0.15) is 19.5 Å². The largest absolute Gasteiger partial charge is 0.493 e. The fourth-order valence-corrected chi connectivity index (χ4v) is 1.62. The monoisotopic (exact) mass is 302 g/mol. The standard InChI is InChI=1S/C15H14N2O5/c1-10(22-15(19)13-9-20-6-7-21-13)14(18)17-12-4-2-11(8-16)3-5-12/h2-5,9-10H,6-7H2,1H3,(H,17,18)/t10-/m1/s1. The van der Waals surface area contributed by atoms with E-state index in [1.165, 1.54) is 6.92 Å². The molecule has 7 nitrogen and oxygen atoms in total. The summed E-state index contributed by atoms with van der Waals surface area (Å²) in [7, 11) is 0. The van der Waals surface area contributed by atoms with Gasteiger partial charge in [-0.1, -0.05) is 0 Å². The van der Waals surface area contributed by atoms with Crippen LogP contribution in [-0.4, -0.2) is 31.2 Å². The molecule has 7 heteroatoms. The van der Waals surface area contributed by atoms with Crippen LogP contribution in [0, 0.1) is 11.3 Å². The average Bonchev–Trinajstić information content (AvgIpc) is 2.56. The molecule has 1 atom stereocenters. The first-order chi connectivity index (χ1) is 10.6. The van der Waals surface area contributed by atoms with Crippen molar-refractivity contribution in [1.29, 1.82) is 5.26 Å². The summed E-state index contributed by atoms with van der Waals surface area (Å²) >= 11 is 0. The van der Waals surface area contributed by atoms with Gasteiger partial charge in [-0.05, 0) is 31.2 Å². The molecule has 1 aromatic carbocycles. The molecule has 114 valence electrons. The second kappa shape index (κ2) is 7.13. The number of hydrogen-bond acceptors (Lipinski definition) is 6. The van der Waals surface area contributed by atoms with Crippen LogP contribution in [0.25, 0.3) is 0 Å². The van der Waals surface area contributed by atoms with Crippen LogP contribution in [0.1, 0.15) is 12.5 Å². The van der Waals surface area contributed by atoms with Crippen LogP contribution in [0.2, 0.25) is 0 Å². The molecule has 1 N–H and O–H groups in total. The third kappa shape index (κ3) is 3.99. The van der Waals surface area contributed by atoms with Gasteiger partial charge in [0, 0.05) is 5.69 Å². The van der Waals surface area contributed by atoms with Crippen LogP contribution in [0.4, 0.5) is 5.69 Å². The minimum Gasteiger partial charge on any atom is -0.493 e. The molecule has 0 aliphatic carbocycles. The Morgan fingerprint density at radius 2 is 2.05 bits per heavy atom. The topological polar surface area (TPSA) is 97.7 Å². The number of nitrogens with zero attached hydrogens (tertiary/aromatic N) is 1. The highest BCUT2D eigenvalue weighted by atomic mass is 16.6. The minimum atomic E-state index is -1.01. The lowest BCUT2D eigenvalue weighted by atomic mass is 10.2. The number of carbonyl (C=O) groups excluding carboxylic acids is 2. The second-order valence-corrected chi connectivity index (χ2v) is 4.43. The molecule has 22 heavy (non-hydrogen) atoms. The van der Waals surface area contributed by atoms with E-state index in [1.807, 2.05) is 6.07 Å². The number of ether oxygens (including phenoxy) is 3. The molecule has 1 aromatic rings. The molecular weight excluding hydrogens is 288 g/mol. The third-order valence-electron chi connectivity index (χ3n) is 2.78. The Morgan fingerprint density at radius 3 is 2.64 bits per heavy atom. The van der Waals surface area contributed by atoms with Crippen LogP contribution in [0.5, 0.6) is 0 Å². The number of amides is 1. The number of esters is 1. The van der Waals surface area contributed by atoms with Crippen LogP contribution >= 0.6 is 0 Å². The molecule has 0 aromatic heterocycles. The molecule has 1 aliphatic heterocycles. The summed E-state index contributed by atoms with van der Waals surface area (Å²) < 4.78 is 15.0. The Balaban J connectivity index is 1.89. The van der Waals surface area contributed by atoms with E-state index in [2.05, 4.69) is 5.32 Å². The van der Waals surface area contributed by atoms with Gasteiger partial charge in [0.2, 0.25) is 5.76 Å². The molecule has 0 unspecified atom stereocenters. The average molecular weight is 302 g/mol. The summed E-state index contributed by atoms with van der Waals surface area (Å²) in [6, 6.07) is 8.30. The van der Waals surface area contributed by atoms with Crippen molar-refractivity contribution in [2.24, 2.45) is 0 Å². The summed E-state index contributed by atoms with van der Waals surface area (Å²) in [5, 5.41) is 11.3. The Morgan fingerprint density at radius 1 is 1.32 bits per heavy atom. The summed E-state index contributed by atoms with van der Waals surface area (Å²) in [6.45, 7) is 2.07. The predicted octanol–water partition coefficient (Wildman–Crippen LogP) is 1.32.